The molecule has 26 heavy (non-hydrogen) atoms. The normalized spacial score (nSPS) is 11.0. The van der Waals surface area contributed by atoms with E-state index in [0.717, 1.165) is 29.3 Å². The van der Waals surface area contributed by atoms with Gasteiger partial charge < -0.3 is 10.1 Å². The van der Waals surface area contributed by atoms with E-state index in [0.29, 0.717) is 5.69 Å². The van der Waals surface area contributed by atoms with Crippen molar-refractivity contribution < 1.29 is 17.5 Å². The highest BCUT2D eigenvalue weighted by Gasteiger charge is 2.14. The van der Waals surface area contributed by atoms with Crippen molar-refractivity contribution in [2.45, 2.75) is 4.90 Å². The van der Waals surface area contributed by atoms with Crippen LogP contribution in [0.4, 0.5) is 21.5 Å². The molecular weight excluding hydrogens is 355 g/mol. The minimum absolute atomic E-state index is 0.00233. The van der Waals surface area contributed by atoms with E-state index in [-0.39, 0.29) is 4.90 Å². The predicted octanol–water partition coefficient (Wildman–Crippen LogP) is 4.38. The first-order valence-electron chi connectivity index (χ1n) is 7.76. The zero-order valence-electron chi connectivity index (χ0n) is 13.9. The molecule has 0 saturated heterocycles. The molecule has 0 spiro atoms. The minimum Gasteiger partial charge on any atom is -0.497 e. The van der Waals surface area contributed by atoms with Crippen LogP contribution in [0.1, 0.15) is 0 Å². The number of ether oxygens (including phenoxy) is 1. The van der Waals surface area contributed by atoms with Crippen molar-refractivity contribution in [1.29, 1.82) is 0 Å². The fourth-order valence-electron chi connectivity index (χ4n) is 2.32. The molecule has 0 heterocycles. The van der Waals surface area contributed by atoms with Gasteiger partial charge in [0.15, 0.2) is 0 Å². The summed E-state index contributed by atoms with van der Waals surface area (Å²) in [6.07, 6.45) is 0. The molecule has 0 saturated carbocycles. The first-order chi connectivity index (χ1) is 12.5. The van der Waals surface area contributed by atoms with Gasteiger partial charge in [0, 0.05) is 23.1 Å². The summed E-state index contributed by atoms with van der Waals surface area (Å²) >= 11 is 0. The first-order valence-corrected chi connectivity index (χ1v) is 9.24. The lowest BCUT2D eigenvalue weighted by Crippen LogP contribution is -2.12. The van der Waals surface area contributed by atoms with E-state index in [4.69, 9.17) is 4.74 Å². The van der Waals surface area contributed by atoms with E-state index < -0.39 is 15.8 Å². The summed E-state index contributed by atoms with van der Waals surface area (Å²) in [4.78, 5) is -0.00233. The molecule has 0 aliphatic rings. The Kier molecular flexibility index (Phi) is 5.09. The van der Waals surface area contributed by atoms with Gasteiger partial charge in [-0.15, -0.1) is 0 Å². The zero-order chi connectivity index (χ0) is 18.6. The van der Waals surface area contributed by atoms with Crippen molar-refractivity contribution in [3.8, 4) is 5.75 Å². The Balaban J connectivity index is 1.72. The molecule has 3 aromatic rings. The third-order valence-electron chi connectivity index (χ3n) is 3.62. The molecule has 0 aromatic heterocycles. The Morgan fingerprint density at radius 2 is 1.50 bits per heavy atom. The SMILES string of the molecule is COc1cccc(Nc2ccc(NS(=O)(=O)c3ccc(F)cc3)cc2)c1. The molecule has 0 radical (unpaired) electrons. The maximum absolute atomic E-state index is 12.9. The number of benzene rings is 3. The van der Waals surface area contributed by atoms with Gasteiger partial charge in [-0.1, -0.05) is 6.07 Å². The van der Waals surface area contributed by atoms with Crippen LogP contribution in [0, 0.1) is 5.82 Å². The summed E-state index contributed by atoms with van der Waals surface area (Å²) in [6, 6.07) is 18.9. The smallest absolute Gasteiger partial charge is 0.261 e. The summed E-state index contributed by atoms with van der Waals surface area (Å²) in [5, 5.41) is 3.21. The summed E-state index contributed by atoms with van der Waals surface area (Å²) in [7, 11) is -2.17. The van der Waals surface area contributed by atoms with Crippen LogP contribution in [0.5, 0.6) is 5.75 Å². The van der Waals surface area contributed by atoms with Crippen LogP contribution in [0.3, 0.4) is 0 Å². The van der Waals surface area contributed by atoms with Crippen LogP contribution in [-0.4, -0.2) is 15.5 Å². The second-order valence-corrected chi connectivity index (χ2v) is 7.18. The predicted molar refractivity (Wildman–Crippen MR) is 99.9 cm³/mol. The molecule has 0 fully saturated rings. The summed E-state index contributed by atoms with van der Waals surface area (Å²) < 4.78 is 45.2. The molecule has 3 aromatic carbocycles. The van der Waals surface area contributed by atoms with E-state index in [1.54, 1.807) is 31.4 Å². The molecule has 0 unspecified atom stereocenters. The van der Waals surface area contributed by atoms with Gasteiger partial charge in [0.1, 0.15) is 11.6 Å². The Morgan fingerprint density at radius 3 is 2.15 bits per heavy atom. The van der Waals surface area contributed by atoms with E-state index in [1.807, 2.05) is 24.3 Å². The second kappa shape index (κ2) is 7.45. The minimum atomic E-state index is -3.76. The highest BCUT2D eigenvalue weighted by molar-refractivity contribution is 7.92. The fourth-order valence-corrected chi connectivity index (χ4v) is 3.38. The molecule has 0 bridgehead atoms. The number of sulfonamides is 1. The van der Waals surface area contributed by atoms with E-state index in [9.17, 15) is 12.8 Å². The molecule has 5 nitrogen and oxygen atoms in total. The molecular formula is C19H17FN2O3S. The van der Waals surface area contributed by atoms with Gasteiger partial charge >= 0.3 is 0 Å². The van der Waals surface area contributed by atoms with Crippen LogP contribution in [0.15, 0.2) is 77.7 Å². The monoisotopic (exact) mass is 372 g/mol. The Labute approximate surface area is 151 Å². The summed E-state index contributed by atoms with van der Waals surface area (Å²) in [5.41, 5.74) is 2.05. The number of anilines is 3. The fraction of sp³-hybridized carbons (Fsp3) is 0.0526. The number of hydrogen-bond donors (Lipinski definition) is 2. The molecule has 7 heteroatoms. The van der Waals surface area contributed by atoms with Crippen LogP contribution >= 0.6 is 0 Å². The molecule has 2 N–H and O–H groups in total. The quantitative estimate of drug-likeness (QED) is 0.674. The van der Waals surface area contributed by atoms with Gasteiger partial charge in [-0.05, 0) is 60.7 Å². The average molecular weight is 372 g/mol. The lowest BCUT2D eigenvalue weighted by atomic mass is 10.2. The van der Waals surface area contributed by atoms with E-state index >= 15 is 0 Å². The van der Waals surface area contributed by atoms with Gasteiger partial charge in [-0.25, -0.2) is 12.8 Å². The highest BCUT2D eigenvalue weighted by atomic mass is 32.2. The number of hydrogen-bond acceptors (Lipinski definition) is 4. The summed E-state index contributed by atoms with van der Waals surface area (Å²) in [5.74, 6) is 0.246. The van der Waals surface area contributed by atoms with Crippen molar-refractivity contribution in [2.24, 2.45) is 0 Å². The van der Waals surface area contributed by atoms with E-state index in [2.05, 4.69) is 10.0 Å². The molecule has 0 atom stereocenters. The third-order valence-corrected chi connectivity index (χ3v) is 5.02. The van der Waals surface area contributed by atoms with Crippen molar-refractivity contribution >= 4 is 27.1 Å². The standard InChI is InChI=1S/C19H17FN2O3S/c1-25-18-4-2-3-17(13-18)21-15-7-9-16(10-8-15)22-26(23,24)19-11-5-14(20)6-12-19/h2-13,21-22H,1H3. The Bertz CT molecular complexity index is 988. The van der Waals surface area contributed by atoms with Crippen LogP contribution in [0.25, 0.3) is 0 Å². The lowest BCUT2D eigenvalue weighted by molar-refractivity contribution is 0.415. The Morgan fingerprint density at radius 1 is 0.846 bits per heavy atom. The molecule has 134 valence electrons. The van der Waals surface area contributed by atoms with Crippen LogP contribution < -0.4 is 14.8 Å². The first kappa shape index (κ1) is 17.8. The van der Waals surface area contributed by atoms with Gasteiger partial charge in [-0.2, -0.15) is 0 Å². The second-order valence-electron chi connectivity index (χ2n) is 5.49. The largest absolute Gasteiger partial charge is 0.497 e. The van der Waals surface area contributed by atoms with Gasteiger partial charge in [-0.3, -0.25) is 4.72 Å². The number of halogens is 1. The van der Waals surface area contributed by atoms with Gasteiger partial charge in [0.2, 0.25) is 0 Å². The van der Waals surface area contributed by atoms with Crippen molar-refractivity contribution in [1.82, 2.24) is 0 Å². The zero-order valence-corrected chi connectivity index (χ0v) is 14.8. The molecule has 0 aliphatic heterocycles. The molecule has 0 amide bonds. The molecule has 3 rings (SSSR count). The lowest BCUT2D eigenvalue weighted by Gasteiger charge is -2.11. The summed E-state index contributed by atoms with van der Waals surface area (Å²) in [6.45, 7) is 0. The maximum Gasteiger partial charge on any atom is 0.261 e. The van der Waals surface area contributed by atoms with Gasteiger partial charge in [0.05, 0.1) is 12.0 Å². The highest BCUT2D eigenvalue weighted by Crippen LogP contribution is 2.23. The number of methoxy groups -OCH3 is 1. The van der Waals surface area contributed by atoms with E-state index in [1.165, 1.54) is 12.1 Å². The van der Waals surface area contributed by atoms with Crippen LogP contribution in [0.2, 0.25) is 0 Å². The number of nitrogens with one attached hydrogen (secondary N) is 2. The van der Waals surface area contributed by atoms with Crippen molar-refractivity contribution in [2.75, 3.05) is 17.1 Å². The van der Waals surface area contributed by atoms with Crippen molar-refractivity contribution in [3.05, 3.63) is 78.6 Å². The third kappa shape index (κ3) is 4.31. The topological polar surface area (TPSA) is 67.4 Å². The maximum atomic E-state index is 12.9. The number of rotatable bonds is 6. The molecule has 0 aliphatic carbocycles. The Hall–Kier alpha value is -3.06. The van der Waals surface area contributed by atoms with Crippen molar-refractivity contribution in [3.63, 3.8) is 0 Å². The van der Waals surface area contributed by atoms with Crippen LogP contribution in [-0.2, 0) is 10.0 Å². The van der Waals surface area contributed by atoms with Gasteiger partial charge in [0.25, 0.3) is 10.0 Å². The average Bonchev–Trinajstić information content (AvgIpc) is 2.64.